The second-order valence-corrected chi connectivity index (χ2v) is 7.60. The standard InChI is InChI=1S/C23H27N5O6/c1-26(22(31)17-10-6-13-34-17)15-18(29)27(11-7-12-33-2)19-20(24)28(23(32)25-21(19)30)14-16-8-4-3-5-9-16/h3-6,8-10,13H,7,11-12,14-15,24H2,1-2H3,(H,25,30,32). The van der Waals surface area contributed by atoms with Gasteiger partial charge in [-0.25, -0.2) is 4.79 Å². The highest BCUT2D eigenvalue weighted by molar-refractivity contribution is 6.00. The number of anilines is 2. The highest BCUT2D eigenvalue weighted by Gasteiger charge is 2.26. The molecule has 11 heteroatoms. The zero-order chi connectivity index (χ0) is 24.7. The number of aromatic amines is 1. The third-order valence-electron chi connectivity index (χ3n) is 5.15. The first kappa shape index (κ1) is 24.5. The lowest BCUT2D eigenvalue weighted by Gasteiger charge is -2.26. The van der Waals surface area contributed by atoms with Crippen LogP contribution in [0.15, 0.2) is 62.7 Å². The van der Waals surface area contributed by atoms with Crippen molar-refractivity contribution < 1.29 is 18.7 Å². The molecule has 2 heterocycles. The summed E-state index contributed by atoms with van der Waals surface area (Å²) in [6, 6.07) is 12.1. The summed E-state index contributed by atoms with van der Waals surface area (Å²) in [4.78, 5) is 55.6. The van der Waals surface area contributed by atoms with E-state index in [9.17, 15) is 19.2 Å². The van der Waals surface area contributed by atoms with Crippen LogP contribution in [0.4, 0.5) is 11.5 Å². The van der Waals surface area contributed by atoms with Crippen LogP contribution in [-0.2, 0) is 16.1 Å². The molecule has 2 amide bonds. The number of nitrogen functional groups attached to an aromatic ring is 1. The van der Waals surface area contributed by atoms with Crippen molar-refractivity contribution in [3.63, 3.8) is 0 Å². The maximum absolute atomic E-state index is 13.2. The van der Waals surface area contributed by atoms with Gasteiger partial charge in [0.25, 0.3) is 11.5 Å². The predicted molar refractivity (Wildman–Crippen MR) is 126 cm³/mol. The lowest BCUT2D eigenvalue weighted by Crippen LogP contribution is -2.46. The lowest BCUT2D eigenvalue weighted by molar-refractivity contribution is -0.119. The average molecular weight is 469 g/mol. The Labute approximate surface area is 195 Å². The number of hydrogen-bond donors (Lipinski definition) is 2. The molecule has 0 spiro atoms. The summed E-state index contributed by atoms with van der Waals surface area (Å²) in [5, 5.41) is 0. The minimum atomic E-state index is -0.794. The van der Waals surface area contributed by atoms with E-state index in [1.165, 1.54) is 40.9 Å². The SMILES string of the molecule is COCCCN(C(=O)CN(C)C(=O)c1ccco1)c1c(N)n(Cc2ccccc2)c(=O)[nH]c1=O. The zero-order valence-electron chi connectivity index (χ0n) is 19.0. The van der Waals surface area contributed by atoms with Gasteiger partial charge in [0.1, 0.15) is 12.4 Å². The van der Waals surface area contributed by atoms with Gasteiger partial charge in [0, 0.05) is 27.3 Å². The van der Waals surface area contributed by atoms with E-state index in [0.717, 1.165) is 5.56 Å². The maximum atomic E-state index is 13.2. The summed E-state index contributed by atoms with van der Waals surface area (Å²) < 4.78 is 11.4. The number of nitrogens with one attached hydrogen (secondary N) is 1. The fourth-order valence-electron chi connectivity index (χ4n) is 3.44. The molecule has 0 radical (unpaired) electrons. The van der Waals surface area contributed by atoms with Gasteiger partial charge in [0.15, 0.2) is 11.4 Å². The monoisotopic (exact) mass is 469 g/mol. The normalized spacial score (nSPS) is 10.8. The van der Waals surface area contributed by atoms with Crippen molar-refractivity contribution in [3.05, 3.63) is 80.9 Å². The van der Waals surface area contributed by atoms with Crippen LogP contribution in [0.3, 0.4) is 0 Å². The van der Waals surface area contributed by atoms with Crippen molar-refractivity contribution in [1.82, 2.24) is 14.5 Å². The number of hydrogen-bond acceptors (Lipinski definition) is 7. The van der Waals surface area contributed by atoms with Gasteiger partial charge in [-0.15, -0.1) is 0 Å². The van der Waals surface area contributed by atoms with Crippen LogP contribution >= 0.6 is 0 Å². The van der Waals surface area contributed by atoms with Crippen molar-refractivity contribution in [2.75, 3.05) is 44.5 Å². The van der Waals surface area contributed by atoms with E-state index in [1.54, 1.807) is 6.07 Å². The number of methoxy groups -OCH3 is 1. The molecule has 2 aromatic heterocycles. The largest absolute Gasteiger partial charge is 0.459 e. The molecular weight excluding hydrogens is 442 g/mol. The van der Waals surface area contributed by atoms with Crippen LogP contribution in [-0.4, -0.2) is 60.1 Å². The predicted octanol–water partition coefficient (Wildman–Crippen LogP) is 0.902. The number of likely N-dealkylation sites (N-methyl/N-ethyl adjacent to an activating group) is 1. The van der Waals surface area contributed by atoms with Crippen LogP contribution in [0.5, 0.6) is 0 Å². The van der Waals surface area contributed by atoms with Gasteiger partial charge in [-0.2, -0.15) is 0 Å². The summed E-state index contributed by atoms with van der Waals surface area (Å²) >= 11 is 0. The second-order valence-electron chi connectivity index (χ2n) is 7.60. The number of carbonyl (C=O) groups excluding carboxylic acids is 2. The molecule has 3 aromatic rings. The number of carbonyl (C=O) groups is 2. The maximum Gasteiger partial charge on any atom is 0.330 e. The molecule has 0 saturated heterocycles. The summed E-state index contributed by atoms with van der Waals surface area (Å²) in [6.07, 6.45) is 1.75. The molecule has 0 unspecified atom stereocenters. The van der Waals surface area contributed by atoms with Gasteiger partial charge in [0.05, 0.1) is 12.8 Å². The average Bonchev–Trinajstić information content (AvgIpc) is 3.35. The molecule has 180 valence electrons. The van der Waals surface area contributed by atoms with Crippen LogP contribution < -0.4 is 21.9 Å². The Balaban J connectivity index is 1.95. The van der Waals surface area contributed by atoms with Crippen molar-refractivity contribution in [1.29, 1.82) is 0 Å². The van der Waals surface area contributed by atoms with Gasteiger partial charge < -0.3 is 24.7 Å². The van der Waals surface area contributed by atoms with Crippen molar-refractivity contribution in [2.24, 2.45) is 0 Å². The van der Waals surface area contributed by atoms with Crippen molar-refractivity contribution in [3.8, 4) is 0 Å². The van der Waals surface area contributed by atoms with E-state index in [2.05, 4.69) is 4.98 Å². The van der Waals surface area contributed by atoms with Gasteiger partial charge in [0.2, 0.25) is 5.91 Å². The Bertz CT molecular complexity index is 1230. The first-order chi connectivity index (χ1) is 16.3. The Kier molecular flexibility index (Phi) is 8.04. The van der Waals surface area contributed by atoms with Crippen LogP contribution in [0, 0.1) is 0 Å². The Hall–Kier alpha value is -4.12. The van der Waals surface area contributed by atoms with Crippen LogP contribution in [0.2, 0.25) is 0 Å². The van der Waals surface area contributed by atoms with Crippen LogP contribution in [0.25, 0.3) is 0 Å². The highest BCUT2D eigenvalue weighted by atomic mass is 16.5. The number of benzene rings is 1. The van der Waals surface area contributed by atoms with E-state index in [-0.39, 0.29) is 36.9 Å². The molecule has 0 saturated carbocycles. The van der Waals surface area contributed by atoms with E-state index in [1.807, 2.05) is 30.3 Å². The number of nitrogens with zero attached hydrogens (tertiary/aromatic N) is 3. The molecule has 1 aromatic carbocycles. The topological polar surface area (TPSA) is 144 Å². The fraction of sp³-hybridized carbons (Fsp3) is 0.304. The van der Waals surface area contributed by atoms with E-state index in [0.29, 0.717) is 13.0 Å². The first-order valence-electron chi connectivity index (χ1n) is 10.6. The van der Waals surface area contributed by atoms with Gasteiger partial charge in [-0.05, 0) is 24.1 Å². The minimum Gasteiger partial charge on any atom is -0.459 e. The number of rotatable bonds is 10. The summed E-state index contributed by atoms with van der Waals surface area (Å²) in [7, 11) is 2.96. The number of nitrogens with two attached hydrogens (primary N) is 1. The Morgan fingerprint density at radius 1 is 1.15 bits per heavy atom. The fourth-order valence-corrected chi connectivity index (χ4v) is 3.44. The molecule has 11 nitrogen and oxygen atoms in total. The van der Waals surface area contributed by atoms with E-state index < -0.39 is 23.1 Å². The van der Waals surface area contributed by atoms with Gasteiger partial charge in [-0.1, -0.05) is 30.3 Å². The molecule has 0 fully saturated rings. The summed E-state index contributed by atoms with van der Waals surface area (Å²) in [5.74, 6) is -1.12. The number of aromatic nitrogens is 2. The first-order valence-corrected chi connectivity index (χ1v) is 10.6. The highest BCUT2D eigenvalue weighted by Crippen LogP contribution is 2.19. The minimum absolute atomic E-state index is 0.0787. The Morgan fingerprint density at radius 2 is 1.88 bits per heavy atom. The molecule has 3 N–H and O–H groups in total. The molecule has 34 heavy (non-hydrogen) atoms. The quantitative estimate of drug-likeness (QED) is 0.420. The number of furan rings is 1. The smallest absolute Gasteiger partial charge is 0.330 e. The van der Waals surface area contributed by atoms with Crippen molar-refractivity contribution >= 4 is 23.3 Å². The third-order valence-corrected chi connectivity index (χ3v) is 5.15. The molecule has 0 bridgehead atoms. The number of H-pyrrole nitrogens is 1. The molecular formula is C23H27N5O6. The lowest BCUT2D eigenvalue weighted by atomic mass is 10.2. The summed E-state index contributed by atoms with van der Waals surface area (Å²) in [6.45, 7) is 0.175. The second kappa shape index (κ2) is 11.1. The molecule has 0 aliphatic rings. The van der Waals surface area contributed by atoms with E-state index in [4.69, 9.17) is 14.9 Å². The van der Waals surface area contributed by atoms with Crippen LogP contribution in [0.1, 0.15) is 22.5 Å². The molecule has 0 atom stereocenters. The summed E-state index contributed by atoms with van der Waals surface area (Å²) in [5.41, 5.74) is 5.41. The Morgan fingerprint density at radius 3 is 2.53 bits per heavy atom. The molecule has 0 aliphatic heterocycles. The number of ether oxygens (including phenoxy) is 1. The zero-order valence-corrected chi connectivity index (χ0v) is 19.0. The van der Waals surface area contributed by atoms with Gasteiger partial charge >= 0.3 is 5.69 Å². The third kappa shape index (κ3) is 5.62. The molecule has 0 aliphatic carbocycles. The number of amides is 2. The van der Waals surface area contributed by atoms with Crippen molar-refractivity contribution in [2.45, 2.75) is 13.0 Å². The molecule has 3 rings (SSSR count). The van der Waals surface area contributed by atoms with E-state index >= 15 is 0 Å². The van der Waals surface area contributed by atoms with Gasteiger partial charge in [-0.3, -0.25) is 23.9 Å².